The van der Waals surface area contributed by atoms with Crippen LogP contribution in [0.25, 0.3) is 0 Å². The number of fused-ring (bicyclic) bond motifs is 1. The van der Waals surface area contributed by atoms with Crippen LogP contribution in [0, 0.1) is 6.92 Å². The first-order valence-electron chi connectivity index (χ1n) is 7.88. The lowest BCUT2D eigenvalue weighted by molar-refractivity contribution is 0.548. The minimum atomic E-state index is 0.458. The molecule has 1 heterocycles. The van der Waals surface area contributed by atoms with Gasteiger partial charge >= 0.3 is 0 Å². The van der Waals surface area contributed by atoms with E-state index in [4.69, 9.17) is 9.97 Å². The van der Waals surface area contributed by atoms with Crippen LogP contribution in [0.2, 0.25) is 0 Å². The maximum absolute atomic E-state index is 4.79. The molecule has 3 rings (SSSR count). The van der Waals surface area contributed by atoms with E-state index in [0.717, 1.165) is 49.6 Å². The molecule has 3 nitrogen and oxygen atoms in total. The van der Waals surface area contributed by atoms with Gasteiger partial charge in [0.25, 0.3) is 0 Å². The molecule has 110 valence electrons. The summed E-state index contributed by atoms with van der Waals surface area (Å²) in [7, 11) is 0. The van der Waals surface area contributed by atoms with E-state index in [1.54, 1.807) is 0 Å². The topological polar surface area (TPSA) is 37.8 Å². The van der Waals surface area contributed by atoms with Gasteiger partial charge in [0.15, 0.2) is 0 Å². The van der Waals surface area contributed by atoms with Crippen LogP contribution >= 0.6 is 0 Å². The molecule has 0 saturated heterocycles. The summed E-state index contributed by atoms with van der Waals surface area (Å²) in [6.07, 6.45) is 3.36. The Kier molecular flexibility index (Phi) is 4.30. The van der Waals surface area contributed by atoms with Crippen molar-refractivity contribution in [1.29, 1.82) is 0 Å². The summed E-state index contributed by atoms with van der Waals surface area (Å²) < 4.78 is 0. The number of benzene rings is 1. The molecular weight excluding hydrogens is 258 g/mol. The lowest BCUT2D eigenvalue weighted by atomic mass is 9.83. The van der Waals surface area contributed by atoms with Gasteiger partial charge in [-0.3, -0.25) is 0 Å². The van der Waals surface area contributed by atoms with Gasteiger partial charge in [-0.25, -0.2) is 9.97 Å². The van der Waals surface area contributed by atoms with E-state index in [1.165, 1.54) is 11.1 Å². The third kappa shape index (κ3) is 3.30. The molecule has 3 heteroatoms. The summed E-state index contributed by atoms with van der Waals surface area (Å²) in [5.41, 5.74) is 5.14. The van der Waals surface area contributed by atoms with Gasteiger partial charge in [-0.2, -0.15) is 0 Å². The van der Waals surface area contributed by atoms with E-state index in [1.807, 2.05) is 0 Å². The van der Waals surface area contributed by atoms with Gasteiger partial charge < -0.3 is 5.32 Å². The summed E-state index contributed by atoms with van der Waals surface area (Å²) in [5, 5.41) is 3.35. The van der Waals surface area contributed by atoms with Crippen molar-refractivity contribution in [1.82, 2.24) is 15.3 Å². The molecule has 0 spiro atoms. The van der Waals surface area contributed by atoms with Crippen molar-refractivity contribution in [3.05, 3.63) is 58.7 Å². The Morgan fingerprint density at radius 1 is 1.19 bits per heavy atom. The van der Waals surface area contributed by atoms with Crippen molar-refractivity contribution >= 4 is 0 Å². The zero-order valence-electron chi connectivity index (χ0n) is 12.9. The van der Waals surface area contributed by atoms with Crippen molar-refractivity contribution in [2.45, 2.75) is 45.6 Å². The lowest BCUT2D eigenvalue weighted by Crippen LogP contribution is -2.18. The first-order valence-corrected chi connectivity index (χ1v) is 7.88. The fraction of sp³-hybridized carbons (Fsp3) is 0.444. The summed E-state index contributed by atoms with van der Waals surface area (Å²) in [5.74, 6) is 1.48. The van der Waals surface area contributed by atoms with Crippen LogP contribution in [0.5, 0.6) is 0 Å². The molecular formula is C18H23N3. The molecule has 0 amide bonds. The van der Waals surface area contributed by atoms with Crippen molar-refractivity contribution in [3.63, 3.8) is 0 Å². The number of nitrogens with one attached hydrogen (secondary N) is 1. The van der Waals surface area contributed by atoms with Crippen LogP contribution in [-0.2, 0) is 19.4 Å². The SMILES string of the molecule is CCNCc1cc(C)nc(C2CCc3ccccc3C2)n1. The van der Waals surface area contributed by atoms with Crippen LogP contribution in [0.1, 0.15) is 47.6 Å². The summed E-state index contributed by atoms with van der Waals surface area (Å²) in [6.45, 7) is 5.98. The Balaban J connectivity index is 1.83. The quantitative estimate of drug-likeness (QED) is 0.935. The Bertz CT molecular complexity index is 622. The molecule has 0 aliphatic heterocycles. The first kappa shape index (κ1) is 14.2. The molecule has 0 fully saturated rings. The fourth-order valence-corrected chi connectivity index (χ4v) is 3.10. The second-order valence-corrected chi connectivity index (χ2v) is 5.85. The molecule has 0 bridgehead atoms. The van der Waals surface area contributed by atoms with E-state index in [0.29, 0.717) is 5.92 Å². The van der Waals surface area contributed by atoms with Gasteiger partial charge in [0.2, 0.25) is 0 Å². The van der Waals surface area contributed by atoms with Gasteiger partial charge in [-0.05, 0) is 49.9 Å². The largest absolute Gasteiger partial charge is 0.311 e. The molecule has 1 N–H and O–H groups in total. The van der Waals surface area contributed by atoms with Crippen LogP contribution < -0.4 is 5.32 Å². The van der Waals surface area contributed by atoms with Crippen LogP contribution in [0.4, 0.5) is 0 Å². The van der Waals surface area contributed by atoms with Gasteiger partial charge in [-0.1, -0.05) is 31.2 Å². The zero-order chi connectivity index (χ0) is 14.7. The Labute approximate surface area is 126 Å². The van der Waals surface area contributed by atoms with Gasteiger partial charge in [0.05, 0.1) is 5.69 Å². The maximum Gasteiger partial charge on any atom is 0.132 e. The number of aryl methyl sites for hydroxylation is 2. The average Bonchev–Trinajstić information content (AvgIpc) is 2.52. The average molecular weight is 281 g/mol. The Hall–Kier alpha value is -1.74. The van der Waals surface area contributed by atoms with E-state index < -0.39 is 0 Å². The second kappa shape index (κ2) is 6.35. The van der Waals surface area contributed by atoms with Crippen molar-refractivity contribution in [2.24, 2.45) is 0 Å². The van der Waals surface area contributed by atoms with E-state index in [9.17, 15) is 0 Å². The monoisotopic (exact) mass is 281 g/mol. The number of hydrogen-bond donors (Lipinski definition) is 1. The molecule has 2 aromatic rings. The molecule has 1 unspecified atom stereocenters. The normalized spacial score (nSPS) is 17.5. The molecule has 1 atom stereocenters. The number of rotatable bonds is 4. The van der Waals surface area contributed by atoms with E-state index in [-0.39, 0.29) is 0 Å². The lowest BCUT2D eigenvalue weighted by Gasteiger charge is -2.24. The molecule has 0 saturated carbocycles. The van der Waals surface area contributed by atoms with Gasteiger partial charge in [0.1, 0.15) is 5.82 Å². The molecule has 0 radical (unpaired) electrons. The standard InChI is InChI=1S/C18H23N3/c1-3-19-12-17-10-13(2)20-18(21-17)16-9-8-14-6-4-5-7-15(14)11-16/h4-7,10,16,19H,3,8-9,11-12H2,1-2H3. The predicted molar refractivity (Wildman–Crippen MR) is 85.4 cm³/mol. The van der Waals surface area contributed by atoms with Gasteiger partial charge in [0, 0.05) is 18.2 Å². The number of nitrogens with zero attached hydrogens (tertiary/aromatic N) is 2. The number of hydrogen-bond acceptors (Lipinski definition) is 3. The molecule has 1 aliphatic carbocycles. The van der Waals surface area contributed by atoms with Gasteiger partial charge in [-0.15, -0.1) is 0 Å². The highest BCUT2D eigenvalue weighted by Gasteiger charge is 2.22. The van der Waals surface area contributed by atoms with Crippen molar-refractivity contribution in [3.8, 4) is 0 Å². The summed E-state index contributed by atoms with van der Waals surface area (Å²) in [6, 6.07) is 10.9. The fourth-order valence-electron chi connectivity index (χ4n) is 3.10. The molecule has 1 aromatic carbocycles. The van der Waals surface area contributed by atoms with Crippen LogP contribution in [0.3, 0.4) is 0 Å². The Morgan fingerprint density at radius 2 is 2.00 bits per heavy atom. The highest BCUT2D eigenvalue weighted by molar-refractivity contribution is 5.31. The highest BCUT2D eigenvalue weighted by atomic mass is 14.9. The summed E-state index contributed by atoms with van der Waals surface area (Å²) in [4.78, 5) is 9.49. The van der Waals surface area contributed by atoms with Crippen molar-refractivity contribution < 1.29 is 0 Å². The second-order valence-electron chi connectivity index (χ2n) is 5.85. The van der Waals surface area contributed by atoms with Crippen LogP contribution in [-0.4, -0.2) is 16.5 Å². The van der Waals surface area contributed by atoms with E-state index in [2.05, 4.69) is 49.5 Å². The Morgan fingerprint density at radius 3 is 2.81 bits per heavy atom. The third-order valence-corrected chi connectivity index (χ3v) is 4.19. The molecule has 1 aliphatic rings. The first-order chi connectivity index (χ1) is 10.3. The molecule has 1 aromatic heterocycles. The minimum absolute atomic E-state index is 0.458. The smallest absolute Gasteiger partial charge is 0.132 e. The molecule has 21 heavy (non-hydrogen) atoms. The van der Waals surface area contributed by atoms with E-state index >= 15 is 0 Å². The third-order valence-electron chi connectivity index (χ3n) is 4.19. The zero-order valence-corrected chi connectivity index (χ0v) is 12.9. The number of aromatic nitrogens is 2. The highest BCUT2D eigenvalue weighted by Crippen LogP contribution is 2.31. The minimum Gasteiger partial charge on any atom is -0.311 e. The van der Waals surface area contributed by atoms with Crippen molar-refractivity contribution in [2.75, 3.05) is 6.54 Å². The maximum atomic E-state index is 4.79. The van der Waals surface area contributed by atoms with Crippen LogP contribution in [0.15, 0.2) is 30.3 Å². The predicted octanol–water partition coefficient (Wildman–Crippen LogP) is 3.17. The summed E-state index contributed by atoms with van der Waals surface area (Å²) >= 11 is 0.